The van der Waals surface area contributed by atoms with Crippen LogP contribution < -0.4 is 5.73 Å². The van der Waals surface area contributed by atoms with E-state index in [2.05, 4.69) is 45.8 Å². The first-order chi connectivity index (χ1) is 21.5. The number of imidazole rings is 1. The minimum absolute atomic E-state index is 0.180. The van der Waals surface area contributed by atoms with Crippen molar-refractivity contribution in [1.82, 2.24) is 24.3 Å². The zero-order valence-electron chi connectivity index (χ0n) is 24.1. The Morgan fingerprint density at radius 2 is 1.48 bits per heavy atom. The van der Waals surface area contributed by atoms with E-state index < -0.39 is 0 Å². The van der Waals surface area contributed by atoms with E-state index in [4.69, 9.17) is 15.7 Å². The average molecular weight is 579 g/mol. The molecule has 44 heavy (non-hydrogen) atoms. The van der Waals surface area contributed by atoms with Gasteiger partial charge in [0.15, 0.2) is 0 Å². The van der Waals surface area contributed by atoms with Gasteiger partial charge in [0.1, 0.15) is 22.9 Å². The molecule has 1 aliphatic carbocycles. The third-order valence-corrected chi connectivity index (χ3v) is 9.18. The number of carbonyl (C=O) groups excluding carboxylic acids is 2. The van der Waals surface area contributed by atoms with Crippen LogP contribution in [0.15, 0.2) is 97.3 Å². The highest BCUT2D eigenvalue weighted by Gasteiger charge is 2.37. The summed E-state index contributed by atoms with van der Waals surface area (Å²) in [5.74, 6) is 1.53. The minimum atomic E-state index is -0.180. The Labute approximate surface area is 254 Å². The Morgan fingerprint density at radius 3 is 2.23 bits per heavy atom. The molecule has 1 aliphatic heterocycles. The first-order valence-corrected chi connectivity index (χ1v) is 15.1. The van der Waals surface area contributed by atoms with E-state index in [1.54, 1.807) is 30.5 Å². The maximum absolute atomic E-state index is 12.9. The number of fused-ring (bicyclic) bond motifs is 3. The SMILES string of the molecule is Nc1nccn2c1c(-c1ccc3ccc(-c4ccccc4)nc3c1)nc2[C@H]1CC[C@H](CN2C(=O)c3ccccc3C2=O)CC1. The molecule has 1 fully saturated rings. The summed E-state index contributed by atoms with van der Waals surface area (Å²) in [5, 5.41) is 1.06. The predicted octanol–water partition coefficient (Wildman–Crippen LogP) is 6.76. The molecule has 0 spiro atoms. The Bertz CT molecular complexity index is 2040. The van der Waals surface area contributed by atoms with Crippen LogP contribution in [0.3, 0.4) is 0 Å². The fraction of sp³-hybridized carbons (Fsp3) is 0.194. The number of aromatic nitrogens is 4. The third kappa shape index (κ3) is 4.33. The first kappa shape index (κ1) is 26.3. The van der Waals surface area contributed by atoms with Crippen molar-refractivity contribution in [3.63, 3.8) is 0 Å². The highest BCUT2D eigenvalue weighted by Crippen LogP contribution is 2.40. The second-order valence-corrected chi connectivity index (χ2v) is 11.8. The normalized spacial score (nSPS) is 18.3. The van der Waals surface area contributed by atoms with Gasteiger partial charge >= 0.3 is 0 Å². The van der Waals surface area contributed by atoms with Gasteiger partial charge in [0.2, 0.25) is 0 Å². The maximum Gasteiger partial charge on any atom is 0.261 e. The van der Waals surface area contributed by atoms with E-state index in [-0.39, 0.29) is 23.7 Å². The van der Waals surface area contributed by atoms with Gasteiger partial charge in [-0.2, -0.15) is 0 Å². The van der Waals surface area contributed by atoms with E-state index in [1.165, 1.54) is 4.90 Å². The number of pyridine rings is 1. The van der Waals surface area contributed by atoms with Crippen molar-refractivity contribution in [3.05, 3.63) is 114 Å². The Balaban J connectivity index is 1.07. The molecular formula is C36H30N6O2. The molecule has 216 valence electrons. The van der Waals surface area contributed by atoms with Crippen molar-refractivity contribution in [1.29, 1.82) is 0 Å². The number of hydrogen-bond acceptors (Lipinski definition) is 6. The molecule has 4 heterocycles. The Hall–Kier alpha value is -5.37. The fourth-order valence-corrected chi connectivity index (χ4v) is 6.88. The van der Waals surface area contributed by atoms with Crippen LogP contribution >= 0.6 is 0 Å². The van der Waals surface area contributed by atoms with Gasteiger partial charge in [-0.25, -0.2) is 15.0 Å². The summed E-state index contributed by atoms with van der Waals surface area (Å²) in [4.78, 5) is 41.9. The number of imide groups is 1. The molecule has 1 saturated carbocycles. The van der Waals surface area contributed by atoms with Crippen LogP contribution in [0.5, 0.6) is 0 Å². The van der Waals surface area contributed by atoms with Crippen LogP contribution in [0.1, 0.15) is 58.1 Å². The summed E-state index contributed by atoms with van der Waals surface area (Å²) in [7, 11) is 0. The van der Waals surface area contributed by atoms with Gasteiger partial charge in [-0.05, 0) is 55.9 Å². The topological polar surface area (TPSA) is 106 Å². The van der Waals surface area contributed by atoms with E-state index in [9.17, 15) is 9.59 Å². The van der Waals surface area contributed by atoms with Gasteiger partial charge in [-0.3, -0.25) is 18.9 Å². The molecule has 6 aromatic rings. The summed E-state index contributed by atoms with van der Waals surface area (Å²) in [6.07, 6.45) is 7.30. The molecule has 8 heteroatoms. The molecule has 2 aliphatic rings. The van der Waals surface area contributed by atoms with Crippen molar-refractivity contribution < 1.29 is 9.59 Å². The molecule has 8 rings (SSSR count). The van der Waals surface area contributed by atoms with Gasteiger partial charge < -0.3 is 5.73 Å². The second kappa shape index (κ2) is 10.4. The van der Waals surface area contributed by atoms with E-state index in [0.29, 0.717) is 23.5 Å². The van der Waals surface area contributed by atoms with Gasteiger partial charge in [0.25, 0.3) is 11.8 Å². The summed E-state index contributed by atoms with van der Waals surface area (Å²) in [6.45, 7) is 0.457. The molecule has 0 radical (unpaired) electrons. The first-order valence-electron chi connectivity index (χ1n) is 15.1. The number of nitrogen functional groups attached to an aromatic ring is 1. The van der Waals surface area contributed by atoms with Crippen molar-refractivity contribution in [2.45, 2.75) is 31.6 Å². The van der Waals surface area contributed by atoms with Crippen molar-refractivity contribution in [2.24, 2.45) is 5.92 Å². The second-order valence-electron chi connectivity index (χ2n) is 11.8. The lowest BCUT2D eigenvalue weighted by atomic mass is 9.81. The highest BCUT2D eigenvalue weighted by atomic mass is 16.2. The molecule has 2 amide bonds. The molecule has 8 nitrogen and oxygen atoms in total. The van der Waals surface area contributed by atoms with Gasteiger partial charge in [0.05, 0.1) is 22.3 Å². The van der Waals surface area contributed by atoms with Crippen LogP contribution in [-0.4, -0.2) is 42.6 Å². The minimum Gasteiger partial charge on any atom is -0.382 e. The standard InChI is InChI=1S/C36H30N6O2/c37-33-32-31(26-15-14-24-16-17-29(39-30(24)20-26)23-6-2-1-3-7-23)40-34(41(32)19-18-38-33)25-12-10-22(11-13-25)21-42-35(43)27-8-4-5-9-28(27)36(42)44/h1-9,14-20,22,25H,10-13,21H2,(H2,37,38)/t22-,25-. The van der Waals surface area contributed by atoms with Crippen molar-refractivity contribution in [2.75, 3.05) is 12.3 Å². The lowest BCUT2D eigenvalue weighted by molar-refractivity contribution is 0.0614. The van der Waals surface area contributed by atoms with E-state index in [0.717, 1.165) is 70.4 Å². The van der Waals surface area contributed by atoms with Gasteiger partial charge in [-0.15, -0.1) is 0 Å². The summed E-state index contributed by atoms with van der Waals surface area (Å²) in [6, 6.07) is 27.6. The van der Waals surface area contributed by atoms with Crippen molar-refractivity contribution >= 4 is 34.1 Å². The molecule has 0 bridgehead atoms. The average Bonchev–Trinajstić information content (AvgIpc) is 3.58. The number of rotatable bonds is 5. The fourth-order valence-electron chi connectivity index (χ4n) is 6.88. The highest BCUT2D eigenvalue weighted by molar-refractivity contribution is 6.21. The summed E-state index contributed by atoms with van der Waals surface area (Å²) < 4.78 is 2.09. The van der Waals surface area contributed by atoms with E-state index in [1.807, 2.05) is 30.5 Å². The lowest BCUT2D eigenvalue weighted by Gasteiger charge is -2.30. The number of anilines is 1. The molecule has 0 atom stereocenters. The number of benzene rings is 3. The zero-order chi connectivity index (χ0) is 29.8. The number of nitrogens with zero attached hydrogens (tertiary/aromatic N) is 5. The number of amides is 2. The zero-order valence-corrected chi connectivity index (χ0v) is 24.1. The molecule has 3 aromatic carbocycles. The van der Waals surface area contributed by atoms with Crippen LogP contribution in [0.4, 0.5) is 5.82 Å². The summed E-state index contributed by atoms with van der Waals surface area (Å²) in [5.41, 5.74) is 12.9. The molecule has 0 unspecified atom stereocenters. The quantitative estimate of drug-likeness (QED) is 0.227. The Morgan fingerprint density at radius 1 is 0.773 bits per heavy atom. The Kier molecular flexibility index (Phi) is 6.22. The van der Waals surface area contributed by atoms with Gasteiger partial charge in [-0.1, -0.05) is 60.7 Å². The monoisotopic (exact) mass is 578 g/mol. The van der Waals surface area contributed by atoms with Crippen LogP contribution in [0.2, 0.25) is 0 Å². The number of nitrogens with two attached hydrogens (primary N) is 1. The van der Waals surface area contributed by atoms with Crippen LogP contribution in [0.25, 0.3) is 38.9 Å². The van der Waals surface area contributed by atoms with Gasteiger partial charge in [0, 0.05) is 41.4 Å². The molecule has 3 aromatic heterocycles. The summed E-state index contributed by atoms with van der Waals surface area (Å²) >= 11 is 0. The van der Waals surface area contributed by atoms with Crippen LogP contribution in [0, 0.1) is 5.92 Å². The third-order valence-electron chi connectivity index (χ3n) is 9.18. The van der Waals surface area contributed by atoms with Crippen LogP contribution in [-0.2, 0) is 0 Å². The largest absolute Gasteiger partial charge is 0.382 e. The molecular weight excluding hydrogens is 548 g/mol. The van der Waals surface area contributed by atoms with Crippen molar-refractivity contribution in [3.8, 4) is 22.5 Å². The van der Waals surface area contributed by atoms with E-state index >= 15 is 0 Å². The maximum atomic E-state index is 12.9. The molecule has 0 saturated heterocycles. The number of carbonyl (C=O) groups is 2. The predicted molar refractivity (Wildman–Crippen MR) is 170 cm³/mol. The number of hydrogen-bond donors (Lipinski definition) is 1. The lowest BCUT2D eigenvalue weighted by Crippen LogP contribution is -2.35. The molecule has 2 N–H and O–H groups in total. The smallest absolute Gasteiger partial charge is 0.261 e.